The minimum Gasteiger partial charge on any atom is -0.356 e. The van der Waals surface area contributed by atoms with E-state index in [4.69, 9.17) is 11.6 Å². The van der Waals surface area contributed by atoms with Gasteiger partial charge in [0.1, 0.15) is 0 Å². The van der Waals surface area contributed by atoms with Gasteiger partial charge in [-0.15, -0.1) is 21.0 Å². The van der Waals surface area contributed by atoms with Crippen LogP contribution in [-0.2, 0) is 38.5 Å². The summed E-state index contributed by atoms with van der Waals surface area (Å²) >= 11 is 6.03. The number of aryl methyl sites for hydroxylation is 4. The molecule has 0 saturated carbocycles. The molecule has 0 aliphatic heterocycles. The van der Waals surface area contributed by atoms with Crippen LogP contribution in [0.2, 0.25) is 0 Å². The number of unbranched alkanes of at least 4 members (excludes halogenated alkanes) is 1. The maximum atomic E-state index is 6.03. The second-order valence-electron chi connectivity index (χ2n) is 12.0. The molecule has 0 unspecified atom stereocenters. The van der Waals surface area contributed by atoms with Crippen LogP contribution < -0.4 is 10.0 Å². The number of fused-ring (bicyclic) bond motifs is 1. The van der Waals surface area contributed by atoms with Crippen LogP contribution in [0, 0.1) is 0 Å². The van der Waals surface area contributed by atoms with Gasteiger partial charge in [0, 0.05) is 28.7 Å². The van der Waals surface area contributed by atoms with Crippen molar-refractivity contribution in [3.05, 3.63) is 123 Å². The van der Waals surface area contributed by atoms with Crippen molar-refractivity contribution < 1.29 is 0 Å². The molecule has 4 rings (SSSR count). The van der Waals surface area contributed by atoms with E-state index in [0.29, 0.717) is 5.88 Å². The van der Waals surface area contributed by atoms with Gasteiger partial charge in [0.05, 0.1) is 0 Å². The topological polar surface area (TPSA) is 24.1 Å². The fourth-order valence-electron chi connectivity index (χ4n) is 6.13. The van der Waals surface area contributed by atoms with Crippen LogP contribution in [0.5, 0.6) is 0 Å². The highest BCUT2D eigenvalue weighted by atomic mass is 35.5. The number of nitrogens with one attached hydrogen (secondary N) is 2. The van der Waals surface area contributed by atoms with Crippen molar-refractivity contribution >= 4 is 44.5 Å². The molecule has 0 atom stereocenters. The second kappa shape index (κ2) is 15.8. The minimum atomic E-state index is -1.71. The predicted molar refractivity (Wildman–Crippen MR) is 201 cm³/mol. The van der Waals surface area contributed by atoms with E-state index in [1.54, 1.807) is 0 Å². The average molecular weight is 627 g/mol. The summed E-state index contributed by atoms with van der Waals surface area (Å²) in [7, 11) is -1.71. The minimum absolute atomic E-state index is 0.706. The van der Waals surface area contributed by atoms with E-state index in [2.05, 4.69) is 123 Å². The summed E-state index contributed by atoms with van der Waals surface area (Å²) in [5, 5.41) is 3.49. The smallest absolute Gasteiger partial charge is 0.0386 e. The zero-order valence-electron chi connectivity index (χ0n) is 27.3. The fraction of sp³-hybridized carbons (Fsp3) is 0.350. The van der Waals surface area contributed by atoms with Gasteiger partial charge in [-0.3, -0.25) is 4.72 Å². The Labute approximate surface area is 273 Å². The first kappa shape index (κ1) is 33.9. The zero-order valence-corrected chi connectivity index (χ0v) is 28.9. The molecule has 0 amide bonds. The van der Waals surface area contributed by atoms with Gasteiger partial charge in [-0.05, 0) is 139 Å². The van der Waals surface area contributed by atoms with Crippen LogP contribution in [0.3, 0.4) is 0 Å². The van der Waals surface area contributed by atoms with Crippen molar-refractivity contribution in [2.24, 2.45) is 0 Å². The molecule has 44 heavy (non-hydrogen) atoms. The molecule has 0 saturated heterocycles. The molecule has 234 valence electrons. The molecule has 0 aromatic heterocycles. The van der Waals surface area contributed by atoms with Gasteiger partial charge in [0.25, 0.3) is 0 Å². The Kier molecular flexibility index (Phi) is 12.2. The van der Waals surface area contributed by atoms with Crippen molar-refractivity contribution in [3.8, 4) is 0 Å². The summed E-state index contributed by atoms with van der Waals surface area (Å²) in [4.78, 5) is 1.24. The molecule has 1 aliphatic rings. The Hall–Kier alpha value is -2.98. The summed E-state index contributed by atoms with van der Waals surface area (Å²) < 4.78 is 3.78. The molecule has 0 fully saturated rings. The molecule has 0 bridgehead atoms. The summed E-state index contributed by atoms with van der Waals surface area (Å²) in [6, 6.07) is 20.1. The van der Waals surface area contributed by atoms with Crippen molar-refractivity contribution in [2.75, 3.05) is 17.7 Å². The molecule has 0 spiro atoms. The van der Waals surface area contributed by atoms with E-state index in [-0.39, 0.29) is 0 Å². The number of benzene rings is 3. The number of alkyl halides is 1. The standard InChI is InChI=1S/C40H51ClN2S/c1-8-31-14-13-16-37(26-31)43-30(5)24-29(4)36-27-38-35(15-11-12-22-41)19-20-40(39(38)28-36)44(6,7)42-23-21-32-17-18-33(9-2)34(10-3)25-32/h13-14,16-20,24-26,28,42-43H,5-12,15,21-23,27H2,1-4H3/b29-24+. The SMILES string of the molecule is C=C(/C=C(\C)C1=Cc2c(S(=C)(=C)NCCc3ccc(CC)c(CC)c3)ccc(CCCCCl)c2C1)Nc1cccc(CC)c1. The first-order valence-corrected chi connectivity index (χ1v) is 18.7. The largest absolute Gasteiger partial charge is 0.356 e. The summed E-state index contributed by atoms with van der Waals surface area (Å²) in [5.41, 5.74) is 14.3. The van der Waals surface area contributed by atoms with E-state index in [1.807, 2.05) is 0 Å². The Bertz CT molecular complexity index is 1640. The second-order valence-corrected chi connectivity index (χ2v) is 14.9. The molecule has 0 heterocycles. The van der Waals surface area contributed by atoms with Crippen LogP contribution in [0.15, 0.2) is 89.0 Å². The highest BCUT2D eigenvalue weighted by Crippen LogP contribution is 2.42. The zero-order chi connectivity index (χ0) is 31.7. The highest BCUT2D eigenvalue weighted by molar-refractivity contribution is 8.26. The lowest BCUT2D eigenvalue weighted by Crippen LogP contribution is -2.15. The van der Waals surface area contributed by atoms with Gasteiger partial charge in [-0.25, -0.2) is 0 Å². The van der Waals surface area contributed by atoms with Crippen LogP contribution in [-0.4, -0.2) is 24.2 Å². The van der Waals surface area contributed by atoms with Crippen LogP contribution in [0.1, 0.15) is 79.5 Å². The van der Waals surface area contributed by atoms with Crippen molar-refractivity contribution in [2.45, 2.75) is 84.0 Å². The van der Waals surface area contributed by atoms with Gasteiger partial charge in [-0.2, -0.15) is 0 Å². The average Bonchev–Trinajstić information content (AvgIpc) is 3.47. The number of anilines is 1. The lowest BCUT2D eigenvalue weighted by Gasteiger charge is -2.22. The normalized spacial score (nSPS) is 13.1. The first-order chi connectivity index (χ1) is 21.2. The molecule has 1 aliphatic carbocycles. The van der Waals surface area contributed by atoms with E-state index in [1.165, 1.54) is 55.0 Å². The van der Waals surface area contributed by atoms with E-state index in [0.717, 1.165) is 69.3 Å². The number of rotatable bonds is 16. The molecule has 2 N–H and O–H groups in total. The Morgan fingerprint density at radius 1 is 0.886 bits per heavy atom. The maximum Gasteiger partial charge on any atom is 0.0386 e. The van der Waals surface area contributed by atoms with Crippen molar-refractivity contribution in [1.29, 1.82) is 0 Å². The number of allylic oxidation sites excluding steroid dienone is 3. The Morgan fingerprint density at radius 3 is 2.39 bits per heavy atom. The highest BCUT2D eigenvalue weighted by Gasteiger charge is 2.22. The molecule has 2 nitrogen and oxygen atoms in total. The Morgan fingerprint density at radius 2 is 1.66 bits per heavy atom. The van der Waals surface area contributed by atoms with Gasteiger partial charge in [0.2, 0.25) is 0 Å². The lowest BCUT2D eigenvalue weighted by molar-refractivity contribution is 0.792. The van der Waals surface area contributed by atoms with Gasteiger partial charge in [0.15, 0.2) is 0 Å². The Balaban J connectivity index is 1.55. The summed E-state index contributed by atoms with van der Waals surface area (Å²) in [6.07, 6.45) is 12.8. The lowest BCUT2D eigenvalue weighted by atomic mass is 9.96. The first-order valence-electron chi connectivity index (χ1n) is 16.2. The maximum absolute atomic E-state index is 6.03. The quantitative estimate of drug-likeness (QED) is 0.0715. The number of halogens is 1. The van der Waals surface area contributed by atoms with Crippen molar-refractivity contribution in [1.82, 2.24) is 4.72 Å². The molecule has 3 aromatic carbocycles. The summed E-state index contributed by atoms with van der Waals surface area (Å²) in [5.74, 6) is 10.0. The van der Waals surface area contributed by atoms with Gasteiger partial charge < -0.3 is 5.32 Å². The van der Waals surface area contributed by atoms with Crippen LogP contribution in [0.4, 0.5) is 5.69 Å². The molecular formula is C40H51ClN2S. The van der Waals surface area contributed by atoms with E-state index < -0.39 is 9.39 Å². The third-order valence-electron chi connectivity index (χ3n) is 8.71. The van der Waals surface area contributed by atoms with E-state index >= 15 is 0 Å². The molecule has 4 heteroatoms. The fourth-order valence-corrected chi connectivity index (χ4v) is 7.90. The molecule has 3 aromatic rings. The molecular weight excluding hydrogens is 576 g/mol. The summed E-state index contributed by atoms with van der Waals surface area (Å²) in [6.45, 7) is 14.0. The third kappa shape index (κ3) is 8.59. The van der Waals surface area contributed by atoms with E-state index in [9.17, 15) is 0 Å². The number of hydrogen-bond acceptors (Lipinski definition) is 2. The van der Waals surface area contributed by atoms with Gasteiger partial charge >= 0.3 is 0 Å². The van der Waals surface area contributed by atoms with Crippen molar-refractivity contribution in [3.63, 3.8) is 0 Å². The molecule has 0 radical (unpaired) electrons. The van der Waals surface area contributed by atoms with Crippen LogP contribution >= 0.6 is 21.0 Å². The third-order valence-corrected chi connectivity index (χ3v) is 10.9. The predicted octanol–water partition coefficient (Wildman–Crippen LogP) is 10.2. The monoisotopic (exact) mass is 626 g/mol. The van der Waals surface area contributed by atoms with Gasteiger partial charge in [-0.1, -0.05) is 75.5 Å². The van der Waals surface area contributed by atoms with Crippen LogP contribution in [0.25, 0.3) is 6.08 Å². The number of hydrogen-bond donors (Lipinski definition) is 2.